The van der Waals surface area contributed by atoms with Crippen LogP contribution in [0.2, 0.25) is 0 Å². The van der Waals surface area contributed by atoms with Crippen LogP contribution in [-0.2, 0) is 6.54 Å². The Kier molecular flexibility index (Phi) is 3.69. The molecule has 1 unspecified atom stereocenters. The molecule has 1 aliphatic carbocycles. The smallest absolute Gasteiger partial charge is 0.261 e. The molecular weight excluding hydrogens is 326 g/mol. The Balaban J connectivity index is 1.66. The molecule has 1 aromatic carbocycles. The van der Waals surface area contributed by atoms with E-state index in [2.05, 4.69) is 14.9 Å². The number of fused-ring (bicyclic) bond motifs is 1. The standard InChI is InChI=1S/C20H21N5O/c26-20-15-4-1-2-5-16(15)23-19(25(20)13-14-7-8-14)17-6-3-11-24(17)18-12-21-9-10-22-18/h1-2,4-5,9-10,12,14,17H,3,6-8,11,13H2. The maximum atomic E-state index is 13.2. The van der Waals surface area contributed by atoms with E-state index in [1.54, 1.807) is 18.6 Å². The van der Waals surface area contributed by atoms with Crippen molar-refractivity contribution in [2.24, 2.45) is 5.92 Å². The molecule has 132 valence electrons. The number of rotatable bonds is 4. The highest BCUT2D eigenvalue weighted by molar-refractivity contribution is 5.77. The summed E-state index contributed by atoms with van der Waals surface area (Å²) in [5.41, 5.74) is 0.869. The Morgan fingerprint density at radius 1 is 1.12 bits per heavy atom. The lowest BCUT2D eigenvalue weighted by molar-refractivity contribution is 0.526. The largest absolute Gasteiger partial charge is 0.345 e. The second-order valence-corrected chi connectivity index (χ2v) is 7.26. The minimum atomic E-state index is 0.0720. The lowest BCUT2D eigenvalue weighted by Crippen LogP contribution is -2.33. The number of hydrogen-bond donors (Lipinski definition) is 0. The van der Waals surface area contributed by atoms with Gasteiger partial charge in [-0.2, -0.15) is 0 Å². The van der Waals surface area contributed by atoms with E-state index >= 15 is 0 Å². The monoisotopic (exact) mass is 347 g/mol. The number of nitrogens with zero attached hydrogens (tertiary/aromatic N) is 5. The van der Waals surface area contributed by atoms with Crippen LogP contribution in [0.3, 0.4) is 0 Å². The van der Waals surface area contributed by atoms with Crippen LogP contribution in [0.1, 0.15) is 37.5 Å². The summed E-state index contributed by atoms with van der Waals surface area (Å²) in [5, 5.41) is 0.709. The molecule has 1 saturated carbocycles. The van der Waals surface area contributed by atoms with Crippen LogP contribution in [-0.4, -0.2) is 26.1 Å². The van der Waals surface area contributed by atoms with Crippen LogP contribution in [0, 0.1) is 5.92 Å². The summed E-state index contributed by atoms with van der Waals surface area (Å²) in [6, 6.07) is 7.74. The molecule has 0 amide bonds. The minimum Gasteiger partial charge on any atom is -0.345 e. The van der Waals surface area contributed by atoms with E-state index in [1.807, 2.05) is 28.8 Å². The first-order valence-corrected chi connectivity index (χ1v) is 9.33. The van der Waals surface area contributed by atoms with E-state index in [0.29, 0.717) is 11.3 Å². The predicted octanol–water partition coefficient (Wildman–Crippen LogP) is 2.94. The van der Waals surface area contributed by atoms with Gasteiger partial charge in [0.25, 0.3) is 5.56 Å². The molecule has 3 aromatic rings. The van der Waals surface area contributed by atoms with E-state index in [-0.39, 0.29) is 11.6 Å². The molecule has 6 nitrogen and oxygen atoms in total. The van der Waals surface area contributed by atoms with Gasteiger partial charge < -0.3 is 4.90 Å². The molecule has 26 heavy (non-hydrogen) atoms. The predicted molar refractivity (Wildman–Crippen MR) is 100 cm³/mol. The molecule has 3 heterocycles. The van der Waals surface area contributed by atoms with E-state index in [0.717, 1.165) is 43.1 Å². The molecule has 0 N–H and O–H groups in total. The maximum absolute atomic E-state index is 13.2. The van der Waals surface area contributed by atoms with Crippen molar-refractivity contribution in [3.8, 4) is 0 Å². The Labute approximate surface area is 151 Å². The zero-order valence-corrected chi connectivity index (χ0v) is 14.6. The van der Waals surface area contributed by atoms with Crippen molar-refractivity contribution in [3.63, 3.8) is 0 Å². The van der Waals surface area contributed by atoms with Gasteiger partial charge in [0.2, 0.25) is 0 Å². The zero-order valence-electron chi connectivity index (χ0n) is 14.6. The van der Waals surface area contributed by atoms with Crippen molar-refractivity contribution in [3.05, 3.63) is 59.0 Å². The van der Waals surface area contributed by atoms with Crippen molar-refractivity contribution >= 4 is 16.7 Å². The Bertz CT molecular complexity index is 996. The fourth-order valence-electron chi connectivity index (χ4n) is 3.92. The number of aromatic nitrogens is 4. The van der Waals surface area contributed by atoms with Gasteiger partial charge in [-0.25, -0.2) is 9.97 Å². The van der Waals surface area contributed by atoms with Gasteiger partial charge in [0.05, 0.1) is 23.1 Å². The van der Waals surface area contributed by atoms with E-state index in [1.165, 1.54) is 12.8 Å². The fourth-order valence-corrected chi connectivity index (χ4v) is 3.92. The first-order valence-electron chi connectivity index (χ1n) is 9.33. The van der Waals surface area contributed by atoms with Crippen LogP contribution in [0.25, 0.3) is 10.9 Å². The summed E-state index contributed by atoms with van der Waals surface area (Å²) in [7, 11) is 0. The summed E-state index contributed by atoms with van der Waals surface area (Å²) in [4.78, 5) is 29.1. The van der Waals surface area contributed by atoms with Crippen molar-refractivity contribution < 1.29 is 0 Å². The van der Waals surface area contributed by atoms with Crippen molar-refractivity contribution in [2.45, 2.75) is 38.3 Å². The Morgan fingerprint density at radius 3 is 2.81 bits per heavy atom. The van der Waals surface area contributed by atoms with Gasteiger partial charge in [-0.05, 0) is 43.7 Å². The number of para-hydroxylation sites is 1. The number of anilines is 1. The minimum absolute atomic E-state index is 0.0720. The second-order valence-electron chi connectivity index (χ2n) is 7.26. The van der Waals surface area contributed by atoms with Gasteiger partial charge in [0, 0.05) is 25.5 Å². The van der Waals surface area contributed by atoms with Crippen molar-refractivity contribution in [2.75, 3.05) is 11.4 Å². The fraction of sp³-hybridized carbons (Fsp3) is 0.400. The van der Waals surface area contributed by atoms with Crippen LogP contribution >= 0.6 is 0 Å². The molecule has 2 fully saturated rings. The molecule has 1 saturated heterocycles. The molecular formula is C20H21N5O. The molecule has 2 aromatic heterocycles. The lowest BCUT2D eigenvalue weighted by atomic mass is 10.1. The molecule has 1 atom stereocenters. The molecule has 0 bridgehead atoms. The third-order valence-electron chi connectivity index (χ3n) is 5.42. The lowest BCUT2D eigenvalue weighted by Gasteiger charge is -2.27. The average molecular weight is 347 g/mol. The molecule has 0 radical (unpaired) electrons. The molecule has 2 aliphatic rings. The van der Waals surface area contributed by atoms with Crippen molar-refractivity contribution in [1.29, 1.82) is 0 Å². The highest BCUT2D eigenvalue weighted by Crippen LogP contribution is 2.36. The van der Waals surface area contributed by atoms with E-state index < -0.39 is 0 Å². The van der Waals surface area contributed by atoms with Gasteiger partial charge in [-0.3, -0.25) is 14.3 Å². The molecule has 1 aliphatic heterocycles. The Hall–Kier alpha value is -2.76. The van der Waals surface area contributed by atoms with Crippen LogP contribution < -0.4 is 10.5 Å². The van der Waals surface area contributed by atoms with Gasteiger partial charge in [0.15, 0.2) is 0 Å². The summed E-state index contributed by atoms with van der Waals surface area (Å²) < 4.78 is 1.93. The van der Waals surface area contributed by atoms with Crippen LogP contribution in [0.15, 0.2) is 47.7 Å². The van der Waals surface area contributed by atoms with Gasteiger partial charge >= 0.3 is 0 Å². The van der Waals surface area contributed by atoms with E-state index in [4.69, 9.17) is 4.98 Å². The summed E-state index contributed by atoms with van der Waals surface area (Å²) in [6.45, 7) is 1.69. The third kappa shape index (κ3) is 2.66. The second kappa shape index (κ2) is 6.20. The summed E-state index contributed by atoms with van der Waals surface area (Å²) in [5.74, 6) is 2.35. The molecule has 0 spiro atoms. The summed E-state index contributed by atoms with van der Waals surface area (Å²) in [6.07, 6.45) is 9.65. The van der Waals surface area contributed by atoms with Gasteiger partial charge in [-0.15, -0.1) is 0 Å². The van der Waals surface area contributed by atoms with Gasteiger partial charge in [-0.1, -0.05) is 12.1 Å². The zero-order chi connectivity index (χ0) is 17.5. The highest BCUT2D eigenvalue weighted by atomic mass is 16.1. The number of benzene rings is 1. The number of hydrogen-bond acceptors (Lipinski definition) is 5. The maximum Gasteiger partial charge on any atom is 0.261 e. The van der Waals surface area contributed by atoms with Crippen LogP contribution in [0.4, 0.5) is 5.82 Å². The summed E-state index contributed by atoms with van der Waals surface area (Å²) >= 11 is 0. The normalized spacial score (nSPS) is 20.0. The molecule has 5 rings (SSSR count). The van der Waals surface area contributed by atoms with Crippen LogP contribution in [0.5, 0.6) is 0 Å². The topological polar surface area (TPSA) is 63.9 Å². The Morgan fingerprint density at radius 2 is 2.00 bits per heavy atom. The van der Waals surface area contributed by atoms with E-state index in [9.17, 15) is 4.79 Å². The average Bonchev–Trinajstić information content (AvgIpc) is 3.37. The SMILES string of the molecule is O=c1c2ccccc2nc(C2CCCN2c2cnccn2)n1CC1CC1. The van der Waals surface area contributed by atoms with Gasteiger partial charge in [0.1, 0.15) is 11.6 Å². The quantitative estimate of drug-likeness (QED) is 0.726. The third-order valence-corrected chi connectivity index (χ3v) is 5.42. The first-order chi connectivity index (χ1) is 12.8. The first kappa shape index (κ1) is 15.5. The molecule has 6 heteroatoms. The highest BCUT2D eigenvalue weighted by Gasteiger charge is 2.33. The van der Waals surface area contributed by atoms with Crippen molar-refractivity contribution in [1.82, 2.24) is 19.5 Å².